The number of aliphatic hydroxyl groups is 1. The van der Waals surface area contributed by atoms with E-state index < -0.39 is 0 Å². The predicted octanol–water partition coefficient (Wildman–Crippen LogP) is 4.19. The molecule has 0 aliphatic carbocycles. The molecular weight excluding hydrogens is 356 g/mol. The minimum absolute atomic E-state index is 0.0449. The summed E-state index contributed by atoms with van der Waals surface area (Å²) in [5.41, 5.74) is 1.73. The van der Waals surface area contributed by atoms with Gasteiger partial charge >= 0.3 is 0 Å². The van der Waals surface area contributed by atoms with Crippen LogP contribution in [-0.4, -0.2) is 35.7 Å². The molecule has 5 heteroatoms. The van der Waals surface area contributed by atoms with Gasteiger partial charge in [0.1, 0.15) is 0 Å². The maximum Gasteiger partial charge on any atom is 0.197 e. The van der Waals surface area contributed by atoms with E-state index in [2.05, 4.69) is 17.1 Å². The van der Waals surface area contributed by atoms with Crippen LogP contribution in [0.5, 0.6) is 0 Å². The third-order valence-electron chi connectivity index (χ3n) is 5.64. The first-order valence-corrected chi connectivity index (χ1v) is 10.6. The number of nitrogens with one attached hydrogen (secondary N) is 1. The number of likely N-dealkylation sites (tertiary alicyclic amines) is 1. The summed E-state index contributed by atoms with van der Waals surface area (Å²) >= 11 is 1.58. The summed E-state index contributed by atoms with van der Waals surface area (Å²) in [6.07, 6.45) is 3.87. The molecule has 1 saturated heterocycles. The smallest absolute Gasteiger partial charge is 0.197 e. The normalized spacial score (nSPS) is 18.2. The molecule has 1 aliphatic rings. The first-order valence-electron chi connectivity index (χ1n) is 9.75. The van der Waals surface area contributed by atoms with Gasteiger partial charge < -0.3 is 10.4 Å². The monoisotopic (exact) mass is 382 g/mol. The minimum Gasteiger partial charge on any atom is -0.392 e. The van der Waals surface area contributed by atoms with Gasteiger partial charge in [-0.05, 0) is 50.1 Å². The van der Waals surface area contributed by atoms with Gasteiger partial charge in [0.05, 0.1) is 12.0 Å². The van der Waals surface area contributed by atoms with Crippen LogP contribution in [0.15, 0.2) is 41.2 Å². The summed E-state index contributed by atoms with van der Waals surface area (Å²) in [6.45, 7) is 5.20. The zero-order chi connectivity index (χ0) is 18.8. The Bertz CT molecular complexity index is 1010. The van der Waals surface area contributed by atoms with Crippen LogP contribution in [-0.2, 0) is 6.61 Å². The Morgan fingerprint density at radius 2 is 2.07 bits per heavy atom. The number of nitrogens with zero attached hydrogens (tertiary/aromatic N) is 1. The molecule has 2 N–H and O–H groups in total. The topological polar surface area (TPSA) is 52.6 Å². The number of fused-ring (bicyclic) bond motifs is 2. The summed E-state index contributed by atoms with van der Waals surface area (Å²) in [6, 6.07) is 12.2. The van der Waals surface area contributed by atoms with Crippen LogP contribution in [0.3, 0.4) is 0 Å². The van der Waals surface area contributed by atoms with Gasteiger partial charge in [-0.1, -0.05) is 24.6 Å². The number of piperidine rings is 1. The summed E-state index contributed by atoms with van der Waals surface area (Å²) < 4.78 is 1.85. The molecule has 1 aliphatic heterocycles. The highest BCUT2D eigenvalue weighted by atomic mass is 32.1. The highest BCUT2D eigenvalue weighted by molar-refractivity contribution is 7.24. The average molecular weight is 383 g/mol. The number of rotatable bonds is 5. The fourth-order valence-electron chi connectivity index (χ4n) is 4.05. The summed E-state index contributed by atoms with van der Waals surface area (Å²) in [5.74, 6) is 0. The van der Waals surface area contributed by atoms with Crippen LogP contribution >= 0.6 is 11.3 Å². The Hall–Kier alpha value is -1.95. The second kappa shape index (κ2) is 7.97. The Morgan fingerprint density at radius 3 is 2.89 bits per heavy atom. The van der Waals surface area contributed by atoms with Crippen molar-refractivity contribution in [3.05, 3.63) is 52.2 Å². The first kappa shape index (κ1) is 18.4. The predicted molar refractivity (Wildman–Crippen MR) is 115 cm³/mol. The van der Waals surface area contributed by atoms with Crippen molar-refractivity contribution < 1.29 is 5.11 Å². The lowest BCUT2D eigenvalue weighted by Gasteiger charge is -2.33. The van der Waals surface area contributed by atoms with Crippen molar-refractivity contribution in [3.63, 3.8) is 0 Å². The molecule has 142 valence electrons. The summed E-state index contributed by atoms with van der Waals surface area (Å²) in [7, 11) is 0. The third-order valence-corrected chi connectivity index (χ3v) is 6.88. The molecule has 0 bridgehead atoms. The Morgan fingerprint density at radius 1 is 1.22 bits per heavy atom. The quantitative estimate of drug-likeness (QED) is 0.650. The van der Waals surface area contributed by atoms with Gasteiger partial charge in [0, 0.05) is 39.6 Å². The van der Waals surface area contributed by atoms with E-state index in [9.17, 15) is 9.90 Å². The van der Waals surface area contributed by atoms with Crippen molar-refractivity contribution in [2.45, 2.75) is 38.8 Å². The zero-order valence-corrected chi connectivity index (χ0v) is 16.5. The van der Waals surface area contributed by atoms with Crippen molar-refractivity contribution >= 4 is 37.2 Å². The summed E-state index contributed by atoms with van der Waals surface area (Å²) in [5, 5.41) is 14.7. The van der Waals surface area contributed by atoms with Crippen LogP contribution in [0.1, 0.15) is 31.7 Å². The fraction of sp³-hybridized carbons (Fsp3) is 0.409. The van der Waals surface area contributed by atoms with Crippen molar-refractivity contribution in [2.24, 2.45) is 0 Å². The molecule has 0 spiro atoms. The Labute approximate surface area is 163 Å². The molecule has 0 radical (unpaired) electrons. The second-order valence-corrected chi connectivity index (χ2v) is 8.42. The molecule has 4 rings (SSSR count). The average Bonchev–Trinajstić information content (AvgIpc) is 2.69. The van der Waals surface area contributed by atoms with Crippen molar-refractivity contribution in [2.75, 3.05) is 25.0 Å². The second-order valence-electron chi connectivity index (χ2n) is 7.37. The SMILES string of the molecule is CC1CCCCN1CCNc1ccc(CO)c2sc3ccccc3c(=O)c12. The van der Waals surface area contributed by atoms with Gasteiger partial charge in [0.15, 0.2) is 5.43 Å². The van der Waals surface area contributed by atoms with Crippen LogP contribution in [0.2, 0.25) is 0 Å². The zero-order valence-electron chi connectivity index (χ0n) is 15.7. The van der Waals surface area contributed by atoms with Crippen LogP contribution in [0.25, 0.3) is 20.2 Å². The lowest BCUT2D eigenvalue weighted by molar-refractivity contribution is 0.167. The van der Waals surface area contributed by atoms with Crippen molar-refractivity contribution in [1.29, 1.82) is 0 Å². The molecule has 3 aromatic rings. The molecule has 0 saturated carbocycles. The largest absolute Gasteiger partial charge is 0.392 e. The fourth-order valence-corrected chi connectivity index (χ4v) is 5.26. The molecule has 27 heavy (non-hydrogen) atoms. The lowest BCUT2D eigenvalue weighted by atomic mass is 10.0. The van der Waals surface area contributed by atoms with E-state index in [1.54, 1.807) is 11.3 Å². The van der Waals surface area contributed by atoms with Crippen molar-refractivity contribution in [1.82, 2.24) is 4.90 Å². The highest BCUT2D eigenvalue weighted by Gasteiger charge is 2.18. The molecule has 4 nitrogen and oxygen atoms in total. The van der Waals surface area contributed by atoms with Gasteiger partial charge in [-0.2, -0.15) is 0 Å². The number of anilines is 1. The molecule has 0 amide bonds. The van der Waals surface area contributed by atoms with Crippen LogP contribution in [0.4, 0.5) is 5.69 Å². The highest BCUT2D eigenvalue weighted by Crippen LogP contribution is 2.32. The Kier molecular flexibility index (Phi) is 5.43. The number of hydrogen-bond donors (Lipinski definition) is 2. The molecule has 1 unspecified atom stereocenters. The first-order chi connectivity index (χ1) is 13.2. The van der Waals surface area contributed by atoms with Gasteiger partial charge in [0.2, 0.25) is 0 Å². The van der Waals surface area contributed by atoms with E-state index >= 15 is 0 Å². The Balaban J connectivity index is 1.68. The van der Waals surface area contributed by atoms with E-state index in [0.717, 1.165) is 45.7 Å². The van der Waals surface area contributed by atoms with Crippen LogP contribution in [0, 0.1) is 0 Å². The van der Waals surface area contributed by atoms with Gasteiger partial charge in [0.25, 0.3) is 0 Å². The van der Waals surface area contributed by atoms with Gasteiger partial charge in [-0.15, -0.1) is 11.3 Å². The van der Waals surface area contributed by atoms with E-state index in [1.165, 1.54) is 19.3 Å². The molecule has 1 atom stereocenters. The van der Waals surface area contributed by atoms with Gasteiger partial charge in [-0.3, -0.25) is 9.69 Å². The standard InChI is InChI=1S/C22H26N2O2S/c1-15-6-4-5-12-24(15)13-11-23-18-10-9-16(14-25)22-20(18)21(26)17-7-2-3-8-19(17)27-22/h2-3,7-10,15,23,25H,4-6,11-14H2,1H3. The van der Waals surface area contributed by atoms with E-state index in [0.29, 0.717) is 11.4 Å². The summed E-state index contributed by atoms with van der Waals surface area (Å²) in [4.78, 5) is 15.7. The third kappa shape index (κ3) is 3.59. The lowest BCUT2D eigenvalue weighted by Crippen LogP contribution is -2.40. The van der Waals surface area contributed by atoms with E-state index in [1.807, 2.05) is 36.4 Å². The maximum atomic E-state index is 13.2. The molecule has 2 heterocycles. The number of aliphatic hydroxyl groups excluding tert-OH is 1. The van der Waals surface area contributed by atoms with E-state index in [4.69, 9.17) is 0 Å². The minimum atomic E-state index is -0.0592. The molecule has 1 fully saturated rings. The maximum absolute atomic E-state index is 13.2. The van der Waals surface area contributed by atoms with Gasteiger partial charge in [-0.25, -0.2) is 0 Å². The van der Waals surface area contributed by atoms with Crippen molar-refractivity contribution in [3.8, 4) is 0 Å². The van der Waals surface area contributed by atoms with E-state index in [-0.39, 0.29) is 12.0 Å². The van der Waals surface area contributed by atoms with Crippen LogP contribution < -0.4 is 10.7 Å². The molecule has 1 aromatic heterocycles. The number of benzene rings is 2. The molecular formula is C22H26N2O2S. The molecule has 2 aromatic carbocycles. The number of hydrogen-bond acceptors (Lipinski definition) is 5.